The summed E-state index contributed by atoms with van der Waals surface area (Å²) in [6.45, 7) is 1.95. The van der Waals surface area contributed by atoms with Crippen molar-refractivity contribution >= 4 is 17.5 Å². The first-order chi connectivity index (χ1) is 9.50. The number of carbonyl (C=O) groups excluding carboxylic acids is 1. The van der Waals surface area contributed by atoms with E-state index in [4.69, 9.17) is 11.6 Å². The second-order valence-corrected chi connectivity index (χ2v) is 4.76. The molecule has 20 heavy (non-hydrogen) atoms. The molecule has 1 amide bonds. The fourth-order valence-corrected chi connectivity index (χ4v) is 2.11. The van der Waals surface area contributed by atoms with Gasteiger partial charge < -0.3 is 5.32 Å². The van der Waals surface area contributed by atoms with Crippen molar-refractivity contribution in [2.24, 2.45) is 7.05 Å². The molecule has 0 aliphatic rings. The van der Waals surface area contributed by atoms with Crippen LogP contribution in [-0.2, 0) is 13.5 Å². The van der Waals surface area contributed by atoms with Gasteiger partial charge in [-0.1, -0.05) is 11.6 Å². The van der Waals surface area contributed by atoms with Crippen molar-refractivity contribution in [3.63, 3.8) is 0 Å². The zero-order valence-electron chi connectivity index (χ0n) is 11.2. The quantitative estimate of drug-likeness (QED) is 0.937. The third kappa shape index (κ3) is 2.96. The molecular weight excluding hydrogens is 283 g/mol. The highest BCUT2D eigenvalue weighted by Gasteiger charge is 2.19. The van der Waals surface area contributed by atoms with Crippen LogP contribution in [0.2, 0.25) is 5.02 Å². The van der Waals surface area contributed by atoms with Gasteiger partial charge in [-0.05, 0) is 25.0 Å². The molecule has 0 fully saturated rings. The number of nitrogens with one attached hydrogen (secondary N) is 1. The Balaban J connectivity index is 1.98. The molecule has 2 rings (SSSR count). The summed E-state index contributed by atoms with van der Waals surface area (Å²) in [6, 6.07) is 1.78. The molecule has 0 bridgehead atoms. The van der Waals surface area contributed by atoms with Crippen LogP contribution in [0.4, 0.5) is 4.39 Å². The van der Waals surface area contributed by atoms with Gasteiger partial charge in [0.15, 0.2) is 0 Å². The average molecular weight is 297 g/mol. The van der Waals surface area contributed by atoms with Crippen molar-refractivity contribution in [3.8, 4) is 0 Å². The number of hydrogen-bond donors (Lipinski definition) is 1. The van der Waals surface area contributed by atoms with Crippen LogP contribution in [0.1, 0.15) is 21.6 Å². The highest BCUT2D eigenvalue weighted by molar-refractivity contribution is 6.31. The molecule has 7 heteroatoms. The molecule has 2 heterocycles. The maximum absolute atomic E-state index is 13.7. The van der Waals surface area contributed by atoms with Crippen LogP contribution in [-0.4, -0.2) is 27.2 Å². The Morgan fingerprint density at radius 3 is 2.90 bits per heavy atom. The van der Waals surface area contributed by atoms with Crippen molar-refractivity contribution < 1.29 is 9.18 Å². The molecule has 0 saturated carbocycles. The van der Waals surface area contributed by atoms with Gasteiger partial charge in [0.05, 0.1) is 10.7 Å². The van der Waals surface area contributed by atoms with Gasteiger partial charge in [-0.15, -0.1) is 0 Å². The lowest BCUT2D eigenvalue weighted by molar-refractivity contribution is 0.0949. The predicted octanol–water partition coefficient (Wildman–Crippen LogP) is 1.89. The molecule has 5 nitrogen and oxygen atoms in total. The lowest BCUT2D eigenvalue weighted by Gasteiger charge is -2.06. The molecule has 0 unspecified atom stereocenters. The number of carbonyl (C=O) groups is 1. The van der Waals surface area contributed by atoms with Gasteiger partial charge in [-0.25, -0.2) is 4.68 Å². The lowest BCUT2D eigenvalue weighted by Crippen LogP contribution is -2.27. The van der Waals surface area contributed by atoms with Gasteiger partial charge in [-0.2, -0.15) is 9.49 Å². The zero-order chi connectivity index (χ0) is 14.7. The summed E-state index contributed by atoms with van der Waals surface area (Å²) in [5.41, 5.74) is 1.23. The van der Waals surface area contributed by atoms with Crippen LogP contribution in [0.25, 0.3) is 0 Å². The minimum Gasteiger partial charge on any atom is -0.352 e. The predicted molar refractivity (Wildman–Crippen MR) is 73.2 cm³/mol. The molecule has 0 saturated heterocycles. The Morgan fingerprint density at radius 1 is 1.55 bits per heavy atom. The van der Waals surface area contributed by atoms with Crippen LogP contribution < -0.4 is 5.32 Å². The van der Waals surface area contributed by atoms with Gasteiger partial charge in [0.1, 0.15) is 5.56 Å². The van der Waals surface area contributed by atoms with E-state index >= 15 is 0 Å². The van der Waals surface area contributed by atoms with E-state index < -0.39 is 11.9 Å². The molecule has 0 spiro atoms. The van der Waals surface area contributed by atoms with E-state index in [-0.39, 0.29) is 5.56 Å². The van der Waals surface area contributed by atoms with Crippen LogP contribution in [0, 0.1) is 12.9 Å². The highest BCUT2D eigenvalue weighted by Crippen LogP contribution is 2.14. The summed E-state index contributed by atoms with van der Waals surface area (Å²) in [6.07, 6.45) is 3.73. The molecule has 2 aromatic rings. The molecule has 0 aliphatic carbocycles. The van der Waals surface area contributed by atoms with E-state index in [0.717, 1.165) is 10.2 Å². The summed E-state index contributed by atoms with van der Waals surface area (Å²) < 4.78 is 14.7. The highest BCUT2D eigenvalue weighted by atomic mass is 35.5. The van der Waals surface area contributed by atoms with E-state index in [2.05, 4.69) is 15.4 Å². The Kier molecular flexibility index (Phi) is 4.34. The maximum atomic E-state index is 13.7. The van der Waals surface area contributed by atoms with E-state index in [9.17, 15) is 9.18 Å². The molecule has 0 aliphatic heterocycles. The first kappa shape index (κ1) is 14.5. The van der Waals surface area contributed by atoms with E-state index in [1.54, 1.807) is 25.4 Å². The Morgan fingerprint density at radius 2 is 2.30 bits per heavy atom. The molecule has 0 aromatic carbocycles. The van der Waals surface area contributed by atoms with Crippen molar-refractivity contribution in [1.29, 1.82) is 0 Å². The molecule has 1 N–H and O–H groups in total. The monoisotopic (exact) mass is 296 g/mol. The van der Waals surface area contributed by atoms with E-state index in [1.807, 2.05) is 0 Å². The summed E-state index contributed by atoms with van der Waals surface area (Å²) >= 11 is 5.96. The zero-order valence-corrected chi connectivity index (χ0v) is 11.9. The van der Waals surface area contributed by atoms with Crippen LogP contribution in [0.15, 0.2) is 18.5 Å². The number of rotatable bonds is 4. The van der Waals surface area contributed by atoms with E-state index in [0.29, 0.717) is 23.7 Å². The lowest BCUT2D eigenvalue weighted by atomic mass is 10.2. The number of halogens is 2. The Labute approximate surface area is 120 Å². The topological polar surface area (TPSA) is 59.8 Å². The fourth-order valence-electron chi connectivity index (χ4n) is 1.89. The number of aryl methyl sites for hydroxylation is 2. The molecular formula is C13H14ClFN4O. The van der Waals surface area contributed by atoms with Crippen LogP contribution in [0.3, 0.4) is 0 Å². The Hall–Kier alpha value is -1.95. The molecule has 0 atom stereocenters. The van der Waals surface area contributed by atoms with Crippen LogP contribution >= 0.6 is 11.6 Å². The fraction of sp³-hybridized carbons (Fsp3) is 0.308. The minimum atomic E-state index is -0.637. The normalized spacial score (nSPS) is 10.6. The second-order valence-electron chi connectivity index (χ2n) is 4.35. The summed E-state index contributed by atoms with van der Waals surface area (Å²) in [5.74, 6) is -1.11. The largest absolute Gasteiger partial charge is 0.352 e. The van der Waals surface area contributed by atoms with Gasteiger partial charge >= 0.3 is 0 Å². The summed E-state index contributed by atoms with van der Waals surface area (Å²) in [7, 11) is 1.45. The summed E-state index contributed by atoms with van der Waals surface area (Å²) in [4.78, 5) is 15.8. The van der Waals surface area contributed by atoms with Gasteiger partial charge in [0, 0.05) is 26.0 Å². The average Bonchev–Trinajstić information content (AvgIpc) is 2.65. The SMILES string of the molecule is Cc1nn(C)c(F)c1C(=O)NCCc1ccncc1Cl. The first-order valence-corrected chi connectivity index (χ1v) is 6.44. The van der Waals surface area contributed by atoms with Gasteiger partial charge in [0.2, 0.25) is 5.95 Å². The number of amides is 1. The molecule has 106 valence electrons. The molecule has 2 aromatic heterocycles. The van der Waals surface area contributed by atoms with Crippen molar-refractivity contribution in [3.05, 3.63) is 46.3 Å². The smallest absolute Gasteiger partial charge is 0.257 e. The number of nitrogens with zero attached hydrogens (tertiary/aromatic N) is 3. The van der Waals surface area contributed by atoms with Crippen molar-refractivity contribution in [2.45, 2.75) is 13.3 Å². The van der Waals surface area contributed by atoms with Crippen molar-refractivity contribution in [2.75, 3.05) is 6.54 Å². The number of pyridine rings is 1. The van der Waals surface area contributed by atoms with E-state index in [1.165, 1.54) is 7.05 Å². The Bertz CT molecular complexity index is 641. The van der Waals surface area contributed by atoms with Gasteiger partial charge in [0.25, 0.3) is 5.91 Å². The van der Waals surface area contributed by atoms with Crippen LogP contribution in [0.5, 0.6) is 0 Å². The number of aromatic nitrogens is 3. The summed E-state index contributed by atoms with van der Waals surface area (Å²) in [5, 5.41) is 7.07. The minimum absolute atomic E-state index is 0.0201. The molecule has 0 radical (unpaired) electrons. The third-order valence-corrected chi connectivity index (χ3v) is 3.26. The first-order valence-electron chi connectivity index (χ1n) is 6.06. The number of hydrogen-bond acceptors (Lipinski definition) is 3. The second kappa shape index (κ2) is 6.00. The standard InChI is InChI=1S/C13H14ClFN4O/c1-8-11(12(15)19(2)18-8)13(20)17-6-4-9-3-5-16-7-10(9)14/h3,5,7H,4,6H2,1-2H3,(H,17,20). The van der Waals surface area contributed by atoms with Gasteiger partial charge in [-0.3, -0.25) is 9.78 Å². The maximum Gasteiger partial charge on any atom is 0.257 e. The third-order valence-electron chi connectivity index (χ3n) is 2.92. The van der Waals surface area contributed by atoms with Crippen molar-refractivity contribution in [1.82, 2.24) is 20.1 Å².